The number of sulfone groups is 1. The van der Waals surface area contributed by atoms with Gasteiger partial charge in [0.25, 0.3) is 0 Å². The molecular weight excluding hydrogens is 266 g/mol. The van der Waals surface area contributed by atoms with Gasteiger partial charge in [0.05, 0.1) is 16.1 Å². The monoisotopic (exact) mass is 285 g/mol. The topological polar surface area (TPSA) is 86.5 Å². The van der Waals surface area contributed by atoms with Gasteiger partial charge in [0.2, 0.25) is 0 Å². The number of benzene rings is 1. The molecule has 0 atom stereocenters. The maximum Gasteiger partial charge on any atom is 0.338 e. The van der Waals surface area contributed by atoms with E-state index in [-0.39, 0.29) is 12.4 Å². The Bertz CT molecular complexity index is 541. The molecule has 1 aromatic rings. The predicted molar refractivity (Wildman–Crippen MR) is 74.7 cm³/mol. The van der Waals surface area contributed by atoms with Crippen molar-refractivity contribution in [2.24, 2.45) is 0 Å². The second kappa shape index (κ2) is 5.61. The fourth-order valence-electron chi connectivity index (χ4n) is 1.25. The van der Waals surface area contributed by atoms with E-state index in [0.717, 1.165) is 0 Å². The molecule has 0 aliphatic rings. The number of nitrogen functional groups attached to an aromatic ring is 1. The van der Waals surface area contributed by atoms with Crippen LogP contribution >= 0.6 is 0 Å². The zero-order valence-electron chi connectivity index (χ0n) is 11.3. The second-order valence-electron chi connectivity index (χ2n) is 5.19. The summed E-state index contributed by atoms with van der Waals surface area (Å²) in [5.74, 6) is -0.735. The third-order valence-corrected chi connectivity index (χ3v) is 5.23. The lowest BCUT2D eigenvalue weighted by Crippen LogP contribution is -2.32. The maximum absolute atomic E-state index is 11.8. The van der Waals surface area contributed by atoms with Crippen LogP contribution < -0.4 is 5.73 Å². The number of nitrogens with two attached hydrogens (primary N) is 1. The van der Waals surface area contributed by atoms with Gasteiger partial charge in [-0.05, 0) is 45.0 Å². The summed E-state index contributed by atoms with van der Waals surface area (Å²) >= 11 is 0. The van der Waals surface area contributed by atoms with E-state index in [1.807, 2.05) is 0 Å². The molecule has 0 amide bonds. The zero-order chi connectivity index (χ0) is 14.7. The summed E-state index contributed by atoms with van der Waals surface area (Å²) in [5.41, 5.74) is 6.40. The van der Waals surface area contributed by atoms with Crippen molar-refractivity contribution in [2.45, 2.75) is 25.5 Å². The normalized spacial score (nSPS) is 12.2. The largest absolute Gasteiger partial charge is 0.461 e. The number of rotatable bonds is 4. The van der Waals surface area contributed by atoms with E-state index in [0.29, 0.717) is 11.3 Å². The van der Waals surface area contributed by atoms with E-state index in [1.54, 1.807) is 32.9 Å². The Morgan fingerprint density at radius 2 is 1.74 bits per heavy atom. The third kappa shape index (κ3) is 4.24. The standard InChI is InChI=1S/C13H19NO4S/c1-13(2,3)19(16,17)9-8-18-12(15)10-4-6-11(14)7-5-10/h4-7H,8-9,14H2,1-3H3. The minimum Gasteiger partial charge on any atom is -0.461 e. The first-order valence-corrected chi connectivity index (χ1v) is 7.54. The number of esters is 1. The van der Waals surface area contributed by atoms with Crippen LogP contribution in [0.5, 0.6) is 0 Å². The van der Waals surface area contributed by atoms with Gasteiger partial charge < -0.3 is 10.5 Å². The van der Waals surface area contributed by atoms with Crippen LogP contribution in [0, 0.1) is 0 Å². The van der Waals surface area contributed by atoms with Crippen LogP contribution in [-0.2, 0) is 14.6 Å². The van der Waals surface area contributed by atoms with Crippen molar-refractivity contribution in [1.29, 1.82) is 0 Å². The quantitative estimate of drug-likeness (QED) is 0.671. The molecule has 2 N–H and O–H groups in total. The van der Waals surface area contributed by atoms with Crippen molar-refractivity contribution in [3.63, 3.8) is 0 Å². The number of ether oxygens (including phenoxy) is 1. The summed E-state index contributed by atoms with van der Waals surface area (Å²) in [7, 11) is -3.28. The Morgan fingerprint density at radius 1 is 1.21 bits per heavy atom. The van der Waals surface area contributed by atoms with Gasteiger partial charge in [0.15, 0.2) is 9.84 Å². The highest BCUT2D eigenvalue weighted by Crippen LogP contribution is 2.16. The van der Waals surface area contributed by atoms with Crippen LogP contribution in [0.3, 0.4) is 0 Å². The number of anilines is 1. The molecule has 1 aromatic carbocycles. The Kier molecular flexibility index (Phi) is 4.57. The van der Waals surface area contributed by atoms with Crippen LogP contribution in [0.15, 0.2) is 24.3 Å². The summed E-state index contributed by atoms with van der Waals surface area (Å²) in [6.45, 7) is 4.70. The van der Waals surface area contributed by atoms with Crippen molar-refractivity contribution in [3.05, 3.63) is 29.8 Å². The molecule has 5 nitrogen and oxygen atoms in total. The van der Waals surface area contributed by atoms with Crippen LogP contribution in [0.2, 0.25) is 0 Å². The lowest BCUT2D eigenvalue weighted by molar-refractivity contribution is 0.0529. The first-order chi connectivity index (χ1) is 8.63. The molecular formula is C13H19NO4S. The van der Waals surface area contributed by atoms with Crippen molar-refractivity contribution in [2.75, 3.05) is 18.1 Å². The molecule has 6 heteroatoms. The molecule has 106 valence electrons. The minimum atomic E-state index is -3.28. The average Bonchev–Trinajstić information content (AvgIpc) is 2.28. The molecule has 0 spiro atoms. The molecule has 0 unspecified atom stereocenters. The fraction of sp³-hybridized carbons (Fsp3) is 0.462. The lowest BCUT2D eigenvalue weighted by atomic mass is 10.2. The molecule has 0 saturated carbocycles. The van der Waals surface area contributed by atoms with Gasteiger partial charge in [-0.2, -0.15) is 0 Å². The number of carbonyl (C=O) groups is 1. The second-order valence-corrected chi connectivity index (χ2v) is 8.05. The fourth-order valence-corrected chi connectivity index (χ4v) is 2.17. The first-order valence-electron chi connectivity index (χ1n) is 5.88. The van der Waals surface area contributed by atoms with E-state index in [9.17, 15) is 13.2 Å². The van der Waals surface area contributed by atoms with Crippen LogP contribution in [0.4, 0.5) is 5.69 Å². The molecule has 0 aliphatic heterocycles. The highest BCUT2D eigenvalue weighted by atomic mass is 32.2. The summed E-state index contributed by atoms with van der Waals surface area (Å²) in [6.07, 6.45) is 0. The summed E-state index contributed by atoms with van der Waals surface area (Å²) in [4.78, 5) is 11.6. The zero-order valence-corrected chi connectivity index (χ0v) is 12.2. The molecule has 0 radical (unpaired) electrons. The number of carbonyl (C=O) groups excluding carboxylic acids is 1. The predicted octanol–water partition coefficient (Wildman–Crippen LogP) is 1.64. The molecule has 19 heavy (non-hydrogen) atoms. The Morgan fingerprint density at radius 3 is 2.21 bits per heavy atom. The van der Waals surface area contributed by atoms with Gasteiger partial charge in [-0.1, -0.05) is 0 Å². The van der Waals surface area contributed by atoms with Crippen LogP contribution in [-0.4, -0.2) is 31.5 Å². The van der Waals surface area contributed by atoms with E-state index in [4.69, 9.17) is 10.5 Å². The summed E-state index contributed by atoms with van der Waals surface area (Å²) in [5, 5.41) is 0. The molecule has 0 aliphatic carbocycles. The van der Waals surface area contributed by atoms with Gasteiger partial charge in [-0.25, -0.2) is 13.2 Å². The molecule has 0 heterocycles. The van der Waals surface area contributed by atoms with E-state index in [1.165, 1.54) is 12.1 Å². The maximum atomic E-state index is 11.8. The number of hydrogen-bond acceptors (Lipinski definition) is 5. The smallest absolute Gasteiger partial charge is 0.338 e. The molecule has 0 aromatic heterocycles. The highest BCUT2D eigenvalue weighted by Gasteiger charge is 2.28. The van der Waals surface area contributed by atoms with Crippen molar-refractivity contribution in [3.8, 4) is 0 Å². The molecule has 0 fully saturated rings. The van der Waals surface area contributed by atoms with Crippen molar-refractivity contribution in [1.82, 2.24) is 0 Å². The first kappa shape index (κ1) is 15.5. The average molecular weight is 285 g/mol. The minimum absolute atomic E-state index is 0.150. The SMILES string of the molecule is CC(C)(C)S(=O)(=O)CCOC(=O)c1ccc(N)cc1. The highest BCUT2D eigenvalue weighted by molar-refractivity contribution is 7.92. The summed E-state index contributed by atoms with van der Waals surface area (Å²) in [6, 6.07) is 6.25. The Balaban J connectivity index is 2.55. The van der Waals surface area contributed by atoms with Crippen LogP contribution in [0.1, 0.15) is 31.1 Å². The molecule has 0 bridgehead atoms. The molecule has 1 rings (SSSR count). The van der Waals surface area contributed by atoms with Gasteiger partial charge in [-0.15, -0.1) is 0 Å². The van der Waals surface area contributed by atoms with Gasteiger partial charge in [-0.3, -0.25) is 0 Å². The Labute approximate surface area is 113 Å². The van der Waals surface area contributed by atoms with Crippen molar-refractivity contribution >= 4 is 21.5 Å². The molecule has 0 saturated heterocycles. The lowest BCUT2D eigenvalue weighted by Gasteiger charge is -2.18. The van der Waals surface area contributed by atoms with E-state index >= 15 is 0 Å². The van der Waals surface area contributed by atoms with Gasteiger partial charge in [0, 0.05) is 5.69 Å². The number of hydrogen-bond donors (Lipinski definition) is 1. The van der Waals surface area contributed by atoms with Gasteiger partial charge in [0.1, 0.15) is 6.61 Å². The van der Waals surface area contributed by atoms with Crippen molar-refractivity contribution < 1.29 is 17.9 Å². The Hall–Kier alpha value is -1.56. The van der Waals surface area contributed by atoms with Gasteiger partial charge >= 0.3 is 5.97 Å². The van der Waals surface area contributed by atoms with Crippen LogP contribution in [0.25, 0.3) is 0 Å². The van der Waals surface area contributed by atoms with E-state index < -0.39 is 20.6 Å². The third-order valence-electron chi connectivity index (χ3n) is 2.66. The van der Waals surface area contributed by atoms with E-state index in [2.05, 4.69) is 0 Å². The summed E-state index contributed by atoms with van der Waals surface area (Å²) < 4.78 is 27.7.